The first-order valence-corrected chi connectivity index (χ1v) is 10.6. The predicted molar refractivity (Wildman–Crippen MR) is 114 cm³/mol. The molecule has 3 rings (SSSR count). The number of hydrogen-bond acceptors (Lipinski definition) is 6. The van der Waals surface area contributed by atoms with Crippen LogP contribution in [0.3, 0.4) is 0 Å². The maximum absolute atomic E-state index is 13.1. The molecule has 1 atom stereocenters. The molecule has 0 saturated carbocycles. The van der Waals surface area contributed by atoms with E-state index in [1.165, 1.54) is 22.2 Å². The molecule has 11 heteroatoms. The van der Waals surface area contributed by atoms with Crippen molar-refractivity contribution in [3.05, 3.63) is 42.0 Å². The number of carbonyl (C=O) groups is 2. The number of ether oxygens (including phenoxy) is 1. The monoisotopic (exact) mass is 465 g/mol. The second kappa shape index (κ2) is 9.72. The van der Waals surface area contributed by atoms with Gasteiger partial charge < -0.3 is 9.64 Å². The average Bonchev–Trinajstić information content (AvgIpc) is 3.04. The third-order valence-electron chi connectivity index (χ3n) is 5.11. The first-order valence-electron chi connectivity index (χ1n) is 10.6. The number of rotatable bonds is 8. The van der Waals surface area contributed by atoms with Crippen LogP contribution in [0.2, 0.25) is 0 Å². The van der Waals surface area contributed by atoms with Crippen LogP contribution >= 0.6 is 0 Å². The summed E-state index contributed by atoms with van der Waals surface area (Å²) < 4.78 is 44.3. The summed E-state index contributed by atoms with van der Waals surface area (Å²) in [5.41, 5.74) is -0.866. The largest absolute Gasteiger partial charge is 0.488 e. The first kappa shape index (κ1) is 24.4. The number of amides is 2. The molecule has 2 aromatic rings. The maximum atomic E-state index is 13.1. The Bertz CT molecular complexity index is 996. The zero-order chi connectivity index (χ0) is 24.3. The molecule has 2 aromatic heterocycles. The molecule has 0 unspecified atom stereocenters. The Morgan fingerprint density at radius 3 is 2.42 bits per heavy atom. The Morgan fingerprint density at radius 1 is 1.18 bits per heavy atom. The van der Waals surface area contributed by atoms with E-state index in [4.69, 9.17) is 4.74 Å². The molecule has 1 aliphatic rings. The lowest BCUT2D eigenvalue weighted by molar-refractivity contribution is -0.137. The Hall–Kier alpha value is -3.24. The summed E-state index contributed by atoms with van der Waals surface area (Å²) in [6.07, 6.45) is -0.901. The van der Waals surface area contributed by atoms with E-state index in [2.05, 4.69) is 15.0 Å². The van der Waals surface area contributed by atoms with Crippen molar-refractivity contribution in [1.82, 2.24) is 19.9 Å². The quantitative estimate of drug-likeness (QED) is 0.590. The number of Topliss-reactive ketones (excluding diaryl/α,β-unsaturated/α-hetero) is 1. The molecule has 0 aliphatic carbocycles. The lowest BCUT2D eigenvalue weighted by atomic mass is 10.0. The van der Waals surface area contributed by atoms with Gasteiger partial charge in [-0.05, 0) is 31.9 Å². The van der Waals surface area contributed by atoms with Crippen LogP contribution in [0.25, 0.3) is 0 Å². The molecule has 1 fully saturated rings. The van der Waals surface area contributed by atoms with Crippen molar-refractivity contribution in [2.75, 3.05) is 18.0 Å². The average molecular weight is 465 g/mol. The van der Waals surface area contributed by atoms with E-state index >= 15 is 0 Å². The Morgan fingerprint density at radius 2 is 1.85 bits per heavy atom. The van der Waals surface area contributed by atoms with Gasteiger partial charge in [-0.25, -0.2) is 14.8 Å². The Labute approximate surface area is 189 Å². The van der Waals surface area contributed by atoms with Crippen LogP contribution in [0.15, 0.2) is 30.7 Å². The van der Waals surface area contributed by atoms with E-state index in [1.807, 2.05) is 27.7 Å². The number of halogens is 3. The summed E-state index contributed by atoms with van der Waals surface area (Å²) in [5, 5.41) is 0. The molecular weight excluding hydrogens is 439 g/mol. The van der Waals surface area contributed by atoms with Crippen molar-refractivity contribution in [2.45, 2.75) is 52.4 Å². The highest BCUT2D eigenvalue weighted by molar-refractivity contribution is 5.96. The minimum Gasteiger partial charge on any atom is -0.488 e. The zero-order valence-electron chi connectivity index (χ0n) is 18.8. The normalized spacial score (nSPS) is 16.8. The number of alkyl halides is 3. The highest BCUT2D eigenvalue weighted by Crippen LogP contribution is 2.29. The second-order valence-electron chi connectivity index (χ2n) is 8.47. The van der Waals surface area contributed by atoms with Gasteiger partial charge >= 0.3 is 12.2 Å². The van der Waals surface area contributed by atoms with Gasteiger partial charge in [-0.15, -0.1) is 0 Å². The summed E-state index contributed by atoms with van der Waals surface area (Å²) in [7, 11) is 0. The van der Waals surface area contributed by atoms with E-state index in [9.17, 15) is 22.8 Å². The van der Waals surface area contributed by atoms with Crippen molar-refractivity contribution in [3.8, 4) is 5.75 Å². The van der Waals surface area contributed by atoms with Gasteiger partial charge in [0.25, 0.3) is 0 Å². The van der Waals surface area contributed by atoms with E-state index in [0.717, 1.165) is 18.3 Å². The molecule has 0 aromatic carbocycles. The number of nitrogens with zero attached hydrogens (tertiary/aromatic N) is 5. The zero-order valence-corrected chi connectivity index (χ0v) is 18.8. The molecule has 0 bridgehead atoms. The molecule has 8 nitrogen and oxygen atoms in total. The summed E-state index contributed by atoms with van der Waals surface area (Å²) in [6.45, 7) is 7.63. The molecule has 2 amide bonds. The number of hydrogen-bond donors (Lipinski definition) is 0. The van der Waals surface area contributed by atoms with E-state index < -0.39 is 23.6 Å². The molecule has 1 saturated heterocycles. The Balaban J connectivity index is 1.72. The molecule has 0 spiro atoms. The summed E-state index contributed by atoms with van der Waals surface area (Å²) in [5.74, 6) is 0.281. The fraction of sp³-hybridized carbons (Fsp3) is 0.500. The van der Waals surface area contributed by atoms with E-state index in [1.54, 1.807) is 0 Å². The van der Waals surface area contributed by atoms with Gasteiger partial charge in [0.1, 0.15) is 0 Å². The van der Waals surface area contributed by atoms with Crippen LogP contribution in [0.4, 0.5) is 23.9 Å². The number of aromatic nitrogens is 3. The SMILES string of the molecule is CC(C)Oc1cnc(N2C[C@H](C(C)C)N(CC(=O)Cc3cc(C(F)(F)F)ccn3)C2=O)nc1. The smallest absolute Gasteiger partial charge is 0.416 e. The molecule has 1 aliphatic heterocycles. The highest BCUT2D eigenvalue weighted by Gasteiger charge is 2.41. The van der Waals surface area contributed by atoms with Crippen LogP contribution in [0.1, 0.15) is 39.0 Å². The molecule has 0 N–H and O–H groups in total. The molecule has 33 heavy (non-hydrogen) atoms. The number of carbonyl (C=O) groups excluding carboxylic acids is 2. The first-order chi connectivity index (χ1) is 15.5. The summed E-state index contributed by atoms with van der Waals surface area (Å²) in [4.78, 5) is 40.8. The topological polar surface area (TPSA) is 88.5 Å². The number of anilines is 1. The van der Waals surface area contributed by atoms with Gasteiger partial charge in [0.2, 0.25) is 5.95 Å². The van der Waals surface area contributed by atoms with Crippen LogP contribution in [-0.4, -0.2) is 56.9 Å². The fourth-order valence-electron chi connectivity index (χ4n) is 3.56. The third-order valence-corrected chi connectivity index (χ3v) is 5.11. The van der Waals surface area contributed by atoms with Gasteiger partial charge in [-0.2, -0.15) is 13.2 Å². The number of pyridine rings is 1. The van der Waals surface area contributed by atoms with Crippen molar-refractivity contribution in [1.29, 1.82) is 0 Å². The predicted octanol–water partition coefficient (Wildman–Crippen LogP) is 3.76. The van der Waals surface area contributed by atoms with Crippen molar-refractivity contribution < 1.29 is 27.5 Å². The fourth-order valence-corrected chi connectivity index (χ4v) is 3.56. The van der Waals surface area contributed by atoms with Crippen LogP contribution in [0.5, 0.6) is 5.75 Å². The molecule has 3 heterocycles. The minimum absolute atomic E-state index is 0.00324. The van der Waals surface area contributed by atoms with Crippen molar-refractivity contribution in [3.63, 3.8) is 0 Å². The molecule has 0 radical (unpaired) electrons. The Kier molecular flexibility index (Phi) is 7.19. The van der Waals surface area contributed by atoms with Crippen LogP contribution in [0, 0.1) is 5.92 Å². The van der Waals surface area contributed by atoms with Gasteiger partial charge in [-0.3, -0.25) is 14.7 Å². The number of urea groups is 1. The maximum Gasteiger partial charge on any atom is 0.416 e. The van der Waals surface area contributed by atoms with Crippen molar-refractivity contribution in [2.24, 2.45) is 5.92 Å². The van der Waals surface area contributed by atoms with Crippen molar-refractivity contribution >= 4 is 17.8 Å². The standard InChI is InChI=1S/C22H26F3N5O3/c1-13(2)19-12-30(20-27-9-18(10-28-20)33-14(3)4)21(32)29(19)11-17(31)8-16-7-15(5-6-26-16)22(23,24)25/h5-7,9-10,13-14,19H,8,11-12H2,1-4H3/t19-/m1/s1. The second-order valence-corrected chi connectivity index (χ2v) is 8.47. The lowest BCUT2D eigenvalue weighted by Crippen LogP contribution is -2.41. The summed E-state index contributed by atoms with van der Waals surface area (Å²) in [6, 6.07) is 0.981. The van der Waals surface area contributed by atoms with Gasteiger partial charge in [0.05, 0.1) is 49.6 Å². The highest BCUT2D eigenvalue weighted by atomic mass is 19.4. The van der Waals surface area contributed by atoms with Gasteiger partial charge in [-0.1, -0.05) is 13.8 Å². The lowest BCUT2D eigenvalue weighted by Gasteiger charge is -2.25. The molecular formula is C22H26F3N5O3. The summed E-state index contributed by atoms with van der Waals surface area (Å²) >= 11 is 0. The van der Waals surface area contributed by atoms with Gasteiger partial charge in [0, 0.05) is 11.9 Å². The van der Waals surface area contributed by atoms with E-state index in [0.29, 0.717) is 5.75 Å². The third kappa shape index (κ3) is 5.96. The van der Waals surface area contributed by atoms with E-state index in [-0.39, 0.29) is 49.2 Å². The number of ketones is 1. The molecule has 178 valence electrons. The van der Waals surface area contributed by atoms with Crippen LogP contribution in [-0.2, 0) is 17.4 Å². The van der Waals surface area contributed by atoms with Gasteiger partial charge in [0.15, 0.2) is 11.5 Å². The van der Waals surface area contributed by atoms with Crippen LogP contribution < -0.4 is 9.64 Å². The minimum atomic E-state index is -4.52.